The van der Waals surface area contributed by atoms with E-state index in [1.165, 1.54) is 23.0 Å². The summed E-state index contributed by atoms with van der Waals surface area (Å²) in [5, 5.41) is 3.90. The zero-order chi connectivity index (χ0) is 13.3. The first-order valence-corrected chi connectivity index (χ1v) is 6.74. The van der Waals surface area contributed by atoms with E-state index in [-0.39, 0.29) is 4.90 Å². The van der Waals surface area contributed by atoms with Crippen molar-refractivity contribution in [2.45, 2.75) is 11.8 Å². The summed E-state index contributed by atoms with van der Waals surface area (Å²) in [6.45, 7) is 1.76. The minimum Gasteiger partial charge on any atom is -0.399 e. The highest BCUT2D eigenvalue weighted by Gasteiger charge is 2.15. The average molecular weight is 266 g/mol. The van der Waals surface area contributed by atoms with Crippen LogP contribution in [0.15, 0.2) is 35.5 Å². The maximum absolute atomic E-state index is 12.1. The molecule has 1 heterocycles. The summed E-state index contributed by atoms with van der Waals surface area (Å²) in [5.41, 5.74) is 7.37. The van der Waals surface area contributed by atoms with Gasteiger partial charge in [0.1, 0.15) is 0 Å². The summed E-state index contributed by atoms with van der Waals surface area (Å²) in [5.74, 6) is 0. The van der Waals surface area contributed by atoms with Gasteiger partial charge in [-0.3, -0.25) is 9.40 Å². The van der Waals surface area contributed by atoms with Crippen LogP contribution in [0.2, 0.25) is 0 Å². The number of nitrogens with one attached hydrogen (secondary N) is 1. The Morgan fingerprint density at radius 2 is 2.11 bits per heavy atom. The standard InChI is InChI=1S/C11H14N4O2S/c1-8-5-10(3-4-11(8)12)18(16,17)14-9-6-13-15(2)7-9/h3-7,14H,12H2,1-2H3. The lowest BCUT2D eigenvalue weighted by atomic mass is 10.2. The summed E-state index contributed by atoms with van der Waals surface area (Å²) < 4.78 is 28.1. The second-order valence-corrected chi connectivity index (χ2v) is 5.71. The van der Waals surface area contributed by atoms with Crippen LogP contribution in [-0.2, 0) is 17.1 Å². The molecule has 0 aliphatic carbocycles. The van der Waals surface area contributed by atoms with Gasteiger partial charge < -0.3 is 5.73 Å². The number of aromatic nitrogens is 2. The van der Waals surface area contributed by atoms with Gasteiger partial charge in [0.15, 0.2) is 0 Å². The highest BCUT2D eigenvalue weighted by atomic mass is 32.2. The van der Waals surface area contributed by atoms with Crippen LogP contribution < -0.4 is 10.5 Å². The summed E-state index contributed by atoms with van der Waals surface area (Å²) >= 11 is 0. The maximum Gasteiger partial charge on any atom is 0.262 e. The summed E-state index contributed by atoms with van der Waals surface area (Å²) in [7, 11) is -1.88. The Hall–Kier alpha value is -2.02. The van der Waals surface area contributed by atoms with Gasteiger partial charge in [-0.1, -0.05) is 0 Å². The molecule has 18 heavy (non-hydrogen) atoms. The molecule has 0 aliphatic heterocycles. The van der Waals surface area contributed by atoms with Gasteiger partial charge in [0.2, 0.25) is 0 Å². The summed E-state index contributed by atoms with van der Waals surface area (Å²) in [6.07, 6.45) is 3.03. The second-order valence-electron chi connectivity index (χ2n) is 4.03. The molecular formula is C11H14N4O2S. The third-order valence-corrected chi connectivity index (χ3v) is 3.89. The lowest BCUT2D eigenvalue weighted by Crippen LogP contribution is -2.13. The lowest BCUT2D eigenvalue weighted by Gasteiger charge is -2.07. The molecular weight excluding hydrogens is 252 g/mol. The minimum absolute atomic E-state index is 0.179. The van der Waals surface area contributed by atoms with E-state index < -0.39 is 10.0 Å². The molecule has 0 bridgehead atoms. The van der Waals surface area contributed by atoms with Crippen LogP contribution in [0.3, 0.4) is 0 Å². The van der Waals surface area contributed by atoms with E-state index in [2.05, 4.69) is 9.82 Å². The molecule has 2 aromatic rings. The number of anilines is 2. The third-order valence-electron chi connectivity index (χ3n) is 2.51. The first-order valence-electron chi connectivity index (χ1n) is 5.26. The fourth-order valence-electron chi connectivity index (χ4n) is 1.50. The quantitative estimate of drug-likeness (QED) is 0.814. The number of nitrogen functional groups attached to an aromatic ring is 1. The smallest absolute Gasteiger partial charge is 0.262 e. The number of aryl methyl sites for hydroxylation is 2. The van der Waals surface area contributed by atoms with Gasteiger partial charge in [-0.2, -0.15) is 5.10 Å². The zero-order valence-corrected chi connectivity index (χ0v) is 10.9. The van der Waals surface area contributed by atoms with E-state index >= 15 is 0 Å². The number of nitrogens with zero attached hydrogens (tertiary/aromatic N) is 2. The van der Waals surface area contributed by atoms with Crippen LogP contribution in [0.5, 0.6) is 0 Å². The highest BCUT2D eigenvalue weighted by molar-refractivity contribution is 7.92. The van der Waals surface area contributed by atoms with Crippen molar-refractivity contribution in [2.24, 2.45) is 7.05 Å². The van der Waals surface area contributed by atoms with E-state index in [4.69, 9.17) is 5.73 Å². The van der Waals surface area contributed by atoms with Crippen LogP contribution in [0.4, 0.5) is 11.4 Å². The van der Waals surface area contributed by atoms with Crippen LogP contribution in [0, 0.1) is 6.92 Å². The average Bonchev–Trinajstić information content (AvgIpc) is 2.67. The van der Waals surface area contributed by atoms with Crippen molar-refractivity contribution in [3.63, 3.8) is 0 Å². The van der Waals surface area contributed by atoms with Gasteiger partial charge in [-0.15, -0.1) is 0 Å². The molecule has 3 N–H and O–H groups in total. The predicted octanol–water partition coefficient (Wildman–Crippen LogP) is 1.11. The normalized spacial score (nSPS) is 11.4. The monoisotopic (exact) mass is 266 g/mol. The van der Waals surface area contributed by atoms with Gasteiger partial charge in [0.25, 0.3) is 10.0 Å². The van der Waals surface area contributed by atoms with Gasteiger partial charge in [0.05, 0.1) is 16.8 Å². The van der Waals surface area contributed by atoms with E-state index in [1.807, 2.05) is 0 Å². The SMILES string of the molecule is Cc1cc(S(=O)(=O)Nc2cnn(C)c2)ccc1N. The van der Waals surface area contributed by atoms with Gasteiger partial charge in [-0.05, 0) is 30.7 Å². The molecule has 2 rings (SSSR count). The number of rotatable bonds is 3. The molecule has 0 radical (unpaired) electrons. The van der Waals surface area contributed by atoms with Gasteiger partial charge in [-0.25, -0.2) is 8.42 Å². The molecule has 6 nitrogen and oxygen atoms in total. The van der Waals surface area contributed by atoms with Crippen LogP contribution >= 0.6 is 0 Å². The maximum atomic E-state index is 12.1. The van der Waals surface area contributed by atoms with Crippen LogP contribution in [-0.4, -0.2) is 18.2 Å². The lowest BCUT2D eigenvalue weighted by molar-refractivity contribution is 0.601. The van der Waals surface area contributed by atoms with Crippen LogP contribution in [0.1, 0.15) is 5.56 Å². The van der Waals surface area contributed by atoms with E-state index in [9.17, 15) is 8.42 Å². The van der Waals surface area contributed by atoms with Crippen molar-refractivity contribution in [3.8, 4) is 0 Å². The largest absolute Gasteiger partial charge is 0.399 e. The topological polar surface area (TPSA) is 90.0 Å². The third kappa shape index (κ3) is 2.45. The Balaban J connectivity index is 2.33. The summed E-state index contributed by atoms with van der Waals surface area (Å²) in [4.78, 5) is 0.179. The highest BCUT2D eigenvalue weighted by Crippen LogP contribution is 2.19. The first-order chi connectivity index (χ1) is 8.38. The van der Waals surface area contributed by atoms with E-state index in [1.54, 1.807) is 26.2 Å². The molecule has 0 saturated heterocycles. The van der Waals surface area contributed by atoms with Crippen molar-refractivity contribution in [2.75, 3.05) is 10.5 Å². The Morgan fingerprint density at radius 3 is 2.67 bits per heavy atom. The van der Waals surface area contributed by atoms with E-state index in [0.717, 1.165) is 5.56 Å². The Bertz CT molecular complexity index is 676. The number of hydrogen-bond acceptors (Lipinski definition) is 4. The first kappa shape index (κ1) is 12.4. The minimum atomic E-state index is -3.60. The molecule has 0 unspecified atom stereocenters. The molecule has 0 spiro atoms. The molecule has 0 aliphatic rings. The molecule has 1 aromatic heterocycles. The van der Waals surface area contributed by atoms with Gasteiger partial charge >= 0.3 is 0 Å². The van der Waals surface area contributed by atoms with Crippen molar-refractivity contribution in [1.82, 2.24) is 9.78 Å². The molecule has 0 amide bonds. The zero-order valence-electron chi connectivity index (χ0n) is 10.1. The Kier molecular flexibility index (Phi) is 3.00. The van der Waals surface area contributed by atoms with Crippen molar-refractivity contribution in [1.29, 1.82) is 0 Å². The van der Waals surface area contributed by atoms with E-state index in [0.29, 0.717) is 11.4 Å². The number of nitrogens with two attached hydrogens (primary N) is 1. The number of sulfonamides is 1. The fourth-order valence-corrected chi connectivity index (χ4v) is 2.62. The molecule has 96 valence electrons. The molecule has 1 aromatic carbocycles. The molecule has 0 atom stereocenters. The molecule has 7 heteroatoms. The molecule has 0 saturated carbocycles. The fraction of sp³-hybridized carbons (Fsp3) is 0.182. The summed E-state index contributed by atoms with van der Waals surface area (Å²) in [6, 6.07) is 4.59. The Labute approximate surface area is 105 Å². The van der Waals surface area contributed by atoms with Crippen molar-refractivity contribution >= 4 is 21.4 Å². The second kappa shape index (κ2) is 4.34. The molecule has 0 fully saturated rings. The number of hydrogen-bond donors (Lipinski definition) is 2. The number of benzene rings is 1. The Morgan fingerprint density at radius 1 is 1.39 bits per heavy atom. The van der Waals surface area contributed by atoms with Crippen LogP contribution in [0.25, 0.3) is 0 Å². The van der Waals surface area contributed by atoms with Crippen molar-refractivity contribution in [3.05, 3.63) is 36.2 Å². The predicted molar refractivity (Wildman–Crippen MR) is 69.6 cm³/mol. The van der Waals surface area contributed by atoms with Gasteiger partial charge in [0, 0.05) is 18.9 Å². The van der Waals surface area contributed by atoms with Crippen molar-refractivity contribution < 1.29 is 8.42 Å².